The zero-order valence-corrected chi connectivity index (χ0v) is 9.40. The second-order valence-corrected chi connectivity index (χ2v) is 3.81. The van der Waals surface area contributed by atoms with E-state index in [9.17, 15) is 9.59 Å². The fourth-order valence-electron chi connectivity index (χ4n) is 1.54. The number of amides is 2. The zero-order chi connectivity index (χ0) is 12.3. The maximum absolute atomic E-state index is 11.8. The summed E-state index contributed by atoms with van der Waals surface area (Å²) in [6.45, 7) is 2.04. The van der Waals surface area contributed by atoms with Gasteiger partial charge in [0.2, 0.25) is 11.8 Å². The Kier molecular flexibility index (Phi) is 3.34. The van der Waals surface area contributed by atoms with Crippen molar-refractivity contribution in [1.82, 2.24) is 10.3 Å². The fourth-order valence-corrected chi connectivity index (χ4v) is 1.54. The molecule has 6 heteroatoms. The highest BCUT2D eigenvalue weighted by molar-refractivity contribution is 5.97. The number of carbonyl (C=O) groups is 2. The van der Waals surface area contributed by atoms with E-state index < -0.39 is 6.04 Å². The van der Waals surface area contributed by atoms with E-state index in [1.54, 1.807) is 18.3 Å². The molecule has 2 rings (SSSR count). The van der Waals surface area contributed by atoms with Crippen LogP contribution in [0.15, 0.2) is 18.3 Å². The van der Waals surface area contributed by atoms with Crippen molar-refractivity contribution in [3.05, 3.63) is 24.0 Å². The number of aromatic nitrogens is 1. The Labute approximate surface area is 98.4 Å². The van der Waals surface area contributed by atoms with Crippen LogP contribution < -0.4 is 10.6 Å². The minimum atomic E-state index is -0.635. The van der Waals surface area contributed by atoms with Crippen molar-refractivity contribution in [2.45, 2.75) is 13.0 Å². The molecule has 6 nitrogen and oxygen atoms in total. The minimum Gasteiger partial charge on any atom is -0.369 e. The van der Waals surface area contributed by atoms with Crippen LogP contribution in [0.3, 0.4) is 0 Å². The number of carbonyl (C=O) groups excluding carboxylic acids is 2. The molecule has 1 aliphatic rings. The van der Waals surface area contributed by atoms with E-state index in [2.05, 4.69) is 15.6 Å². The van der Waals surface area contributed by atoms with Gasteiger partial charge in [0.05, 0.1) is 6.61 Å². The zero-order valence-electron chi connectivity index (χ0n) is 9.40. The number of anilines is 1. The molecule has 0 saturated carbocycles. The van der Waals surface area contributed by atoms with Crippen molar-refractivity contribution in [1.29, 1.82) is 0 Å². The lowest BCUT2D eigenvalue weighted by Crippen LogP contribution is -2.51. The van der Waals surface area contributed by atoms with E-state index in [4.69, 9.17) is 4.74 Å². The van der Waals surface area contributed by atoms with Crippen LogP contribution in [0.4, 0.5) is 5.69 Å². The van der Waals surface area contributed by atoms with Gasteiger partial charge in [-0.1, -0.05) is 0 Å². The van der Waals surface area contributed by atoms with Gasteiger partial charge in [0, 0.05) is 17.6 Å². The molecule has 1 unspecified atom stereocenters. The number of hydrogen-bond donors (Lipinski definition) is 2. The first-order chi connectivity index (χ1) is 8.15. The Morgan fingerprint density at radius 1 is 1.65 bits per heavy atom. The van der Waals surface area contributed by atoms with Gasteiger partial charge >= 0.3 is 0 Å². The van der Waals surface area contributed by atoms with Crippen molar-refractivity contribution in [2.75, 3.05) is 18.5 Å². The highest BCUT2D eigenvalue weighted by atomic mass is 16.5. The van der Waals surface area contributed by atoms with Crippen LogP contribution >= 0.6 is 0 Å². The highest BCUT2D eigenvalue weighted by Gasteiger charge is 2.25. The molecule has 2 amide bonds. The summed E-state index contributed by atoms with van der Waals surface area (Å²) < 4.78 is 4.99. The van der Waals surface area contributed by atoms with Crippen LogP contribution in [0.5, 0.6) is 0 Å². The normalized spacial score (nSPS) is 19.6. The maximum Gasteiger partial charge on any atom is 0.249 e. The van der Waals surface area contributed by atoms with E-state index in [-0.39, 0.29) is 25.0 Å². The molecule has 0 aromatic carbocycles. The molecule has 0 aliphatic carbocycles. The standard InChI is InChI=1S/C11H13N3O3/c1-7-4-8(2-3-12-7)13-11(16)9-5-17-6-10(15)14-9/h2-4,9H,5-6H2,1H3,(H,14,15)(H,12,13,16). The van der Waals surface area contributed by atoms with E-state index in [0.29, 0.717) is 5.69 Å². The molecule has 1 saturated heterocycles. The van der Waals surface area contributed by atoms with Crippen LogP contribution in [0.2, 0.25) is 0 Å². The molecular weight excluding hydrogens is 222 g/mol. The van der Waals surface area contributed by atoms with E-state index in [1.807, 2.05) is 6.92 Å². The number of aryl methyl sites for hydroxylation is 1. The topological polar surface area (TPSA) is 80.3 Å². The number of pyridine rings is 1. The van der Waals surface area contributed by atoms with Crippen LogP contribution in [0.25, 0.3) is 0 Å². The molecule has 1 aromatic heterocycles. The minimum absolute atomic E-state index is 0.0120. The summed E-state index contributed by atoms with van der Waals surface area (Å²) >= 11 is 0. The van der Waals surface area contributed by atoms with Gasteiger partial charge in [-0.25, -0.2) is 0 Å². The van der Waals surface area contributed by atoms with Crippen molar-refractivity contribution in [3.8, 4) is 0 Å². The Morgan fingerprint density at radius 2 is 2.47 bits per heavy atom. The molecule has 0 radical (unpaired) electrons. The monoisotopic (exact) mass is 235 g/mol. The van der Waals surface area contributed by atoms with Crippen molar-refractivity contribution >= 4 is 17.5 Å². The van der Waals surface area contributed by atoms with Crippen LogP contribution in [0, 0.1) is 6.92 Å². The average Bonchev–Trinajstić information content (AvgIpc) is 2.29. The third kappa shape index (κ3) is 3.01. The Morgan fingerprint density at radius 3 is 3.18 bits per heavy atom. The van der Waals surface area contributed by atoms with Gasteiger partial charge in [0.15, 0.2) is 0 Å². The molecule has 1 atom stereocenters. The molecule has 2 heterocycles. The quantitative estimate of drug-likeness (QED) is 0.746. The van der Waals surface area contributed by atoms with Gasteiger partial charge in [0.25, 0.3) is 0 Å². The first-order valence-electron chi connectivity index (χ1n) is 5.26. The number of nitrogens with one attached hydrogen (secondary N) is 2. The number of rotatable bonds is 2. The third-order valence-corrected chi connectivity index (χ3v) is 2.33. The number of ether oxygens (including phenoxy) is 1. The van der Waals surface area contributed by atoms with Crippen molar-refractivity contribution in [3.63, 3.8) is 0 Å². The van der Waals surface area contributed by atoms with Gasteiger partial charge < -0.3 is 15.4 Å². The Hall–Kier alpha value is -1.95. The molecule has 0 bridgehead atoms. The van der Waals surface area contributed by atoms with Gasteiger partial charge in [-0.3, -0.25) is 14.6 Å². The average molecular weight is 235 g/mol. The molecule has 0 spiro atoms. The lowest BCUT2D eigenvalue weighted by Gasteiger charge is -2.22. The molecule has 1 fully saturated rings. The summed E-state index contributed by atoms with van der Waals surface area (Å²) in [5.74, 6) is -0.564. The Bertz CT molecular complexity index is 447. The highest BCUT2D eigenvalue weighted by Crippen LogP contribution is 2.08. The lowest BCUT2D eigenvalue weighted by molar-refractivity contribution is -0.136. The summed E-state index contributed by atoms with van der Waals surface area (Å²) in [4.78, 5) is 26.9. The summed E-state index contributed by atoms with van der Waals surface area (Å²) in [7, 11) is 0. The Balaban J connectivity index is 1.99. The van der Waals surface area contributed by atoms with Gasteiger partial charge in [-0.2, -0.15) is 0 Å². The summed E-state index contributed by atoms with van der Waals surface area (Å²) in [6, 6.07) is 2.81. The van der Waals surface area contributed by atoms with E-state index in [1.165, 1.54) is 0 Å². The maximum atomic E-state index is 11.8. The van der Waals surface area contributed by atoms with Gasteiger partial charge in [-0.15, -0.1) is 0 Å². The van der Waals surface area contributed by atoms with Gasteiger partial charge in [0.1, 0.15) is 12.6 Å². The molecule has 1 aromatic rings. The smallest absolute Gasteiger partial charge is 0.249 e. The van der Waals surface area contributed by atoms with Gasteiger partial charge in [-0.05, 0) is 19.1 Å². The molecule has 1 aliphatic heterocycles. The summed E-state index contributed by atoms with van der Waals surface area (Å²) in [5, 5.41) is 5.26. The number of hydrogen-bond acceptors (Lipinski definition) is 4. The first kappa shape index (κ1) is 11.5. The molecule has 90 valence electrons. The molecule has 17 heavy (non-hydrogen) atoms. The predicted molar refractivity (Wildman–Crippen MR) is 60.4 cm³/mol. The third-order valence-electron chi connectivity index (χ3n) is 2.33. The van der Waals surface area contributed by atoms with Crippen LogP contribution in [0.1, 0.15) is 5.69 Å². The van der Waals surface area contributed by atoms with Crippen molar-refractivity contribution < 1.29 is 14.3 Å². The second kappa shape index (κ2) is 4.92. The largest absolute Gasteiger partial charge is 0.369 e. The lowest BCUT2D eigenvalue weighted by atomic mass is 10.2. The van der Waals surface area contributed by atoms with Crippen LogP contribution in [-0.2, 0) is 14.3 Å². The second-order valence-electron chi connectivity index (χ2n) is 3.81. The fraction of sp³-hybridized carbons (Fsp3) is 0.364. The molecule has 2 N–H and O–H groups in total. The van der Waals surface area contributed by atoms with Crippen LogP contribution in [-0.4, -0.2) is 36.1 Å². The van der Waals surface area contributed by atoms with E-state index in [0.717, 1.165) is 5.69 Å². The molecular formula is C11H13N3O3. The summed E-state index contributed by atoms with van der Waals surface area (Å²) in [5.41, 5.74) is 1.47. The number of morpholine rings is 1. The summed E-state index contributed by atoms with van der Waals surface area (Å²) in [6.07, 6.45) is 1.61. The predicted octanol–water partition coefficient (Wildman–Crippen LogP) is -0.156. The van der Waals surface area contributed by atoms with Crippen molar-refractivity contribution in [2.24, 2.45) is 0 Å². The van der Waals surface area contributed by atoms with E-state index >= 15 is 0 Å². The number of nitrogens with zero attached hydrogens (tertiary/aromatic N) is 1. The first-order valence-corrected chi connectivity index (χ1v) is 5.26. The SMILES string of the molecule is Cc1cc(NC(=O)C2COCC(=O)N2)ccn1.